The van der Waals surface area contributed by atoms with E-state index < -0.39 is 5.91 Å². The predicted molar refractivity (Wildman–Crippen MR) is 111 cm³/mol. The van der Waals surface area contributed by atoms with Crippen LogP contribution >= 0.6 is 11.8 Å². The highest BCUT2D eigenvalue weighted by molar-refractivity contribution is 7.98. The highest BCUT2D eigenvalue weighted by Crippen LogP contribution is 2.27. The van der Waals surface area contributed by atoms with Crippen molar-refractivity contribution in [2.24, 2.45) is 5.92 Å². The Labute approximate surface area is 166 Å². The molecule has 0 aromatic rings. The van der Waals surface area contributed by atoms with Crippen LogP contribution in [0.2, 0.25) is 0 Å². The van der Waals surface area contributed by atoms with Gasteiger partial charge in [-0.3, -0.25) is 14.5 Å². The summed E-state index contributed by atoms with van der Waals surface area (Å²) < 4.78 is 0. The van der Waals surface area contributed by atoms with Crippen LogP contribution in [0.5, 0.6) is 0 Å². The van der Waals surface area contributed by atoms with Crippen LogP contribution in [0.1, 0.15) is 40.0 Å². The van der Waals surface area contributed by atoms with E-state index in [0.29, 0.717) is 31.1 Å². The fraction of sp³-hybridized carbons (Fsp3) is 0.524. The maximum absolute atomic E-state index is 13.2. The van der Waals surface area contributed by atoms with Crippen molar-refractivity contribution in [3.05, 3.63) is 47.0 Å². The van der Waals surface area contributed by atoms with Gasteiger partial charge < -0.3 is 10.0 Å². The standard InChI is InChI=1S/C21H30N2O3S/c1-5-15(3)19-18(24)10-8-12-23(19)21(26)17(6-2)20(25)22-11-7-9-16(13-22)14-27-4/h6,8,10,12,16,24H,5,7,9,11,13-14H2,1-4H3/b17-6-,19-15?. The SMILES string of the molecule is C/C=C(/C(=O)N1CCCC(CSC)C1)C(=O)N1C=CC=C(O)C1=C(C)CC. The van der Waals surface area contributed by atoms with Crippen LogP contribution in [-0.2, 0) is 9.59 Å². The van der Waals surface area contributed by atoms with Crippen LogP contribution in [0, 0.1) is 5.92 Å². The molecule has 0 radical (unpaired) electrons. The van der Waals surface area contributed by atoms with Gasteiger partial charge in [0.1, 0.15) is 11.3 Å². The van der Waals surface area contributed by atoms with E-state index >= 15 is 0 Å². The number of hydrogen-bond donors (Lipinski definition) is 1. The first-order valence-corrected chi connectivity index (χ1v) is 10.9. The summed E-state index contributed by atoms with van der Waals surface area (Å²) in [5.41, 5.74) is 1.51. The maximum atomic E-state index is 13.2. The fourth-order valence-corrected chi connectivity index (χ4v) is 4.26. The van der Waals surface area contributed by atoms with Crippen molar-refractivity contribution in [2.75, 3.05) is 25.1 Å². The molecule has 0 aromatic heterocycles. The molecule has 1 saturated heterocycles. The predicted octanol–water partition coefficient (Wildman–Crippen LogP) is 4.02. The maximum Gasteiger partial charge on any atom is 0.267 e. The summed E-state index contributed by atoms with van der Waals surface area (Å²) in [7, 11) is 0. The Balaban J connectivity index is 2.24. The van der Waals surface area contributed by atoms with Gasteiger partial charge in [-0.15, -0.1) is 0 Å². The number of thioether (sulfide) groups is 1. The largest absolute Gasteiger partial charge is 0.506 e. The summed E-state index contributed by atoms with van der Waals surface area (Å²) in [6.45, 7) is 6.95. The zero-order valence-corrected chi connectivity index (χ0v) is 17.5. The molecule has 1 unspecified atom stereocenters. The van der Waals surface area contributed by atoms with Crippen LogP contribution in [-0.4, -0.2) is 51.8 Å². The molecule has 1 atom stereocenters. The van der Waals surface area contributed by atoms with E-state index in [0.717, 1.165) is 24.2 Å². The van der Waals surface area contributed by atoms with Crippen molar-refractivity contribution in [3.8, 4) is 0 Å². The van der Waals surface area contributed by atoms with Crippen molar-refractivity contribution in [1.29, 1.82) is 0 Å². The molecule has 2 rings (SSSR count). The first-order valence-electron chi connectivity index (χ1n) is 9.50. The first kappa shape index (κ1) is 21.4. The lowest BCUT2D eigenvalue weighted by Gasteiger charge is -2.34. The van der Waals surface area contributed by atoms with Gasteiger partial charge in [-0.2, -0.15) is 11.8 Å². The minimum Gasteiger partial charge on any atom is -0.506 e. The minimum atomic E-state index is -0.395. The zero-order chi connectivity index (χ0) is 20.0. The molecule has 0 bridgehead atoms. The van der Waals surface area contributed by atoms with Crippen LogP contribution in [0.25, 0.3) is 0 Å². The highest BCUT2D eigenvalue weighted by Gasteiger charge is 2.32. The number of likely N-dealkylation sites (tertiary alicyclic amines) is 1. The number of piperidine rings is 1. The minimum absolute atomic E-state index is 0.0473. The number of aliphatic hydroxyl groups excluding tert-OH is 1. The smallest absolute Gasteiger partial charge is 0.267 e. The van der Waals surface area contributed by atoms with Gasteiger partial charge in [0.2, 0.25) is 0 Å². The summed E-state index contributed by atoms with van der Waals surface area (Å²) in [5, 5.41) is 10.3. The number of aliphatic hydroxyl groups is 1. The Bertz CT molecular complexity index is 704. The molecule has 0 aromatic carbocycles. The molecule has 0 aliphatic carbocycles. The first-order chi connectivity index (χ1) is 12.9. The van der Waals surface area contributed by atoms with Crippen molar-refractivity contribution in [2.45, 2.75) is 40.0 Å². The Morgan fingerprint density at radius 3 is 2.74 bits per heavy atom. The number of carbonyl (C=O) groups excluding carboxylic acids is 2. The second-order valence-corrected chi connectivity index (χ2v) is 7.88. The third kappa shape index (κ3) is 4.86. The third-order valence-electron chi connectivity index (χ3n) is 5.08. The second kappa shape index (κ2) is 9.83. The summed E-state index contributed by atoms with van der Waals surface area (Å²) in [6, 6.07) is 0. The van der Waals surface area contributed by atoms with E-state index in [1.807, 2.05) is 13.8 Å². The number of rotatable bonds is 5. The van der Waals surface area contributed by atoms with Gasteiger partial charge in [0.05, 0.1) is 5.70 Å². The molecule has 27 heavy (non-hydrogen) atoms. The monoisotopic (exact) mass is 390 g/mol. The van der Waals surface area contributed by atoms with E-state index in [2.05, 4.69) is 6.26 Å². The summed E-state index contributed by atoms with van der Waals surface area (Å²) in [6.07, 6.45) is 11.3. The fourth-order valence-electron chi connectivity index (χ4n) is 3.52. The van der Waals surface area contributed by atoms with E-state index in [1.54, 1.807) is 48.0 Å². The van der Waals surface area contributed by atoms with E-state index in [9.17, 15) is 14.7 Å². The zero-order valence-electron chi connectivity index (χ0n) is 16.7. The quantitative estimate of drug-likeness (QED) is 0.438. The lowest BCUT2D eigenvalue weighted by molar-refractivity contribution is -0.133. The normalized spacial score (nSPS) is 22.6. The van der Waals surface area contributed by atoms with Crippen molar-refractivity contribution >= 4 is 23.6 Å². The summed E-state index contributed by atoms with van der Waals surface area (Å²) in [5.74, 6) is 0.938. The molecular formula is C21H30N2O3S. The molecule has 2 aliphatic heterocycles. The van der Waals surface area contributed by atoms with E-state index in [-0.39, 0.29) is 17.2 Å². The molecule has 0 saturated carbocycles. The lowest BCUT2D eigenvalue weighted by atomic mass is 9.99. The van der Waals surface area contributed by atoms with Crippen molar-refractivity contribution in [1.82, 2.24) is 9.80 Å². The Hall–Kier alpha value is -1.95. The number of hydrogen-bond acceptors (Lipinski definition) is 4. The molecule has 2 amide bonds. The number of carbonyl (C=O) groups is 2. The molecule has 2 heterocycles. The lowest BCUT2D eigenvalue weighted by Crippen LogP contribution is -2.44. The van der Waals surface area contributed by atoms with Gasteiger partial charge >= 0.3 is 0 Å². The molecule has 0 spiro atoms. The van der Waals surface area contributed by atoms with Gasteiger partial charge in [0, 0.05) is 19.3 Å². The van der Waals surface area contributed by atoms with Gasteiger partial charge in [-0.1, -0.05) is 13.0 Å². The van der Waals surface area contributed by atoms with Gasteiger partial charge in [-0.25, -0.2) is 0 Å². The number of allylic oxidation sites excluding steroid dienone is 4. The topological polar surface area (TPSA) is 60.9 Å². The molecule has 6 heteroatoms. The Kier molecular flexibility index (Phi) is 7.78. The molecular weight excluding hydrogens is 360 g/mol. The second-order valence-electron chi connectivity index (χ2n) is 6.97. The van der Waals surface area contributed by atoms with E-state index in [1.165, 1.54) is 4.90 Å². The average molecular weight is 391 g/mol. The molecule has 1 N–H and O–H groups in total. The van der Waals surface area contributed by atoms with Crippen LogP contribution < -0.4 is 0 Å². The van der Waals surface area contributed by atoms with Gasteiger partial charge in [0.15, 0.2) is 0 Å². The van der Waals surface area contributed by atoms with E-state index in [4.69, 9.17) is 0 Å². The van der Waals surface area contributed by atoms with Crippen molar-refractivity contribution < 1.29 is 14.7 Å². The summed E-state index contributed by atoms with van der Waals surface area (Å²) in [4.78, 5) is 29.5. The van der Waals surface area contributed by atoms with Crippen molar-refractivity contribution in [3.63, 3.8) is 0 Å². The molecule has 148 valence electrons. The average Bonchev–Trinajstić information content (AvgIpc) is 2.68. The van der Waals surface area contributed by atoms with Crippen LogP contribution in [0.3, 0.4) is 0 Å². The Morgan fingerprint density at radius 1 is 1.37 bits per heavy atom. The number of nitrogens with zero attached hydrogens (tertiary/aromatic N) is 2. The number of amides is 2. The van der Waals surface area contributed by atoms with Gasteiger partial charge in [0.25, 0.3) is 11.8 Å². The highest BCUT2D eigenvalue weighted by atomic mass is 32.2. The summed E-state index contributed by atoms with van der Waals surface area (Å²) >= 11 is 1.79. The molecule has 2 aliphatic rings. The van der Waals surface area contributed by atoms with Crippen LogP contribution in [0.4, 0.5) is 0 Å². The Morgan fingerprint density at radius 2 is 2.11 bits per heavy atom. The van der Waals surface area contributed by atoms with Gasteiger partial charge in [-0.05, 0) is 68.8 Å². The molecule has 1 fully saturated rings. The van der Waals surface area contributed by atoms with Crippen LogP contribution in [0.15, 0.2) is 47.0 Å². The third-order valence-corrected chi connectivity index (χ3v) is 5.89. The molecule has 5 nitrogen and oxygen atoms in total.